The molecule has 1 aromatic heterocycles. The van der Waals surface area contributed by atoms with Gasteiger partial charge in [-0.2, -0.15) is 0 Å². The van der Waals surface area contributed by atoms with E-state index < -0.39 is 0 Å². The molecule has 5 nitrogen and oxygen atoms in total. The number of rotatable bonds is 7. The Labute approximate surface area is 131 Å². The summed E-state index contributed by atoms with van der Waals surface area (Å²) in [7, 11) is 1.66. The number of aromatic nitrogens is 2. The number of ether oxygens (including phenoxy) is 1. The van der Waals surface area contributed by atoms with Crippen LogP contribution in [0.3, 0.4) is 0 Å². The van der Waals surface area contributed by atoms with E-state index in [-0.39, 0.29) is 0 Å². The molecule has 0 saturated heterocycles. The molecule has 2 rings (SSSR count). The maximum absolute atomic E-state index is 5.53. The third-order valence-electron chi connectivity index (χ3n) is 3.41. The molecule has 0 aliphatic heterocycles. The van der Waals surface area contributed by atoms with Gasteiger partial charge in [-0.15, -0.1) is 0 Å². The molecule has 0 amide bonds. The molecule has 118 valence electrons. The zero-order valence-corrected chi connectivity index (χ0v) is 13.5. The molecule has 0 atom stereocenters. The lowest BCUT2D eigenvalue weighted by Crippen LogP contribution is -2.11. The molecule has 0 unspecified atom stereocenters. The molecular formula is C17H24N4O. The number of benzene rings is 1. The fourth-order valence-electron chi connectivity index (χ4n) is 2.18. The minimum atomic E-state index is 0.320. The second-order valence-corrected chi connectivity index (χ2v) is 5.44. The lowest BCUT2D eigenvalue weighted by molar-refractivity contribution is 0.415. The van der Waals surface area contributed by atoms with E-state index >= 15 is 0 Å². The van der Waals surface area contributed by atoms with Gasteiger partial charge in [0.1, 0.15) is 5.75 Å². The third-order valence-corrected chi connectivity index (χ3v) is 3.41. The van der Waals surface area contributed by atoms with Crippen molar-refractivity contribution in [1.82, 2.24) is 9.97 Å². The van der Waals surface area contributed by atoms with Crippen LogP contribution in [-0.2, 0) is 0 Å². The molecule has 5 heteroatoms. The first-order valence-corrected chi connectivity index (χ1v) is 7.61. The molecule has 0 bridgehead atoms. The van der Waals surface area contributed by atoms with E-state index in [0.717, 1.165) is 41.5 Å². The Morgan fingerprint density at radius 1 is 1.23 bits per heavy atom. The quantitative estimate of drug-likeness (QED) is 0.769. The molecule has 0 aliphatic carbocycles. The summed E-state index contributed by atoms with van der Waals surface area (Å²) in [6.07, 6.45) is 2.79. The first-order valence-electron chi connectivity index (χ1n) is 7.61. The first kappa shape index (κ1) is 16.2. The smallest absolute Gasteiger partial charge is 0.159 e. The number of methoxy groups -OCH3 is 1. The van der Waals surface area contributed by atoms with Crippen LogP contribution in [0.4, 0.5) is 5.69 Å². The van der Waals surface area contributed by atoms with E-state index in [4.69, 9.17) is 15.5 Å². The highest BCUT2D eigenvalue weighted by molar-refractivity contribution is 5.59. The van der Waals surface area contributed by atoms with Crippen LogP contribution < -0.4 is 15.8 Å². The van der Waals surface area contributed by atoms with Gasteiger partial charge in [0.2, 0.25) is 0 Å². The number of nitrogens with one attached hydrogen (secondary N) is 1. The average molecular weight is 300 g/mol. The van der Waals surface area contributed by atoms with E-state index in [0.29, 0.717) is 12.5 Å². The van der Waals surface area contributed by atoms with Crippen molar-refractivity contribution in [3.63, 3.8) is 0 Å². The molecule has 0 aliphatic rings. The van der Waals surface area contributed by atoms with Crippen molar-refractivity contribution >= 4 is 5.69 Å². The Balaban J connectivity index is 2.27. The van der Waals surface area contributed by atoms with Crippen LogP contribution in [0, 0.1) is 0 Å². The lowest BCUT2D eigenvalue weighted by atomic mass is 10.1. The fraction of sp³-hybridized carbons (Fsp3) is 0.412. The molecule has 3 N–H and O–H groups in total. The molecule has 0 radical (unpaired) electrons. The molecule has 1 aromatic carbocycles. The summed E-state index contributed by atoms with van der Waals surface area (Å²) in [4.78, 5) is 9.21. The Morgan fingerprint density at radius 2 is 1.95 bits per heavy atom. The van der Waals surface area contributed by atoms with Gasteiger partial charge < -0.3 is 15.8 Å². The summed E-state index contributed by atoms with van der Waals surface area (Å²) >= 11 is 0. The maximum Gasteiger partial charge on any atom is 0.159 e. The van der Waals surface area contributed by atoms with Gasteiger partial charge in [-0.1, -0.05) is 13.8 Å². The number of nitrogens with zero attached hydrogens (tertiary/aromatic N) is 2. The van der Waals surface area contributed by atoms with Crippen LogP contribution >= 0.6 is 0 Å². The summed E-state index contributed by atoms with van der Waals surface area (Å²) in [6.45, 7) is 5.78. The van der Waals surface area contributed by atoms with Crippen molar-refractivity contribution in [3.8, 4) is 17.1 Å². The van der Waals surface area contributed by atoms with Crippen LogP contribution in [0.5, 0.6) is 5.75 Å². The van der Waals surface area contributed by atoms with E-state index in [2.05, 4.69) is 24.1 Å². The van der Waals surface area contributed by atoms with Gasteiger partial charge in [0.05, 0.1) is 24.7 Å². The topological polar surface area (TPSA) is 73.1 Å². The van der Waals surface area contributed by atoms with Crippen molar-refractivity contribution in [3.05, 3.63) is 36.2 Å². The minimum Gasteiger partial charge on any atom is -0.497 e. The fourth-order valence-corrected chi connectivity index (χ4v) is 2.18. The molecule has 0 fully saturated rings. The average Bonchev–Trinajstić information content (AvgIpc) is 2.55. The van der Waals surface area contributed by atoms with Gasteiger partial charge in [-0.3, -0.25) is 0 Å². The zero-order valence-electron chi connectivity index (χ0n) is 13.5. The van der Waals surface area contributed by atoms with Gasteiger partial charge in [-0.05, 0) is 43.1 Å². The van der Waals surface area contributed by atoms with Crippen molar-refractivity contribution in [2.45, 2.75) is 26.2 Å². The van der Waals surface area contributed by atoms with Gasteiger partial charge in [0.15, 0.2) is 5.82 Å². The Morgan fingerprint density at radius 3 is 2.55 bits per heavy atom. The molecule has 22 heavy (non-hydrogen) atoms. The molecule has 0 saturated carbocycles. The van der Waals surface area contributed by atoms with Gasteiger partial charge >= 0.3 is 0 Å². The van der Waals surface area contributed by atoms with E-state index in [9.17, 15) is 0 Å². The molecule has 0 spiro atoms. The highest BCUT2D eigenvalue weighted by Gasteiger charge is 2.11. The largest absolute Gasteiger partial charge is 0.497 e. The van der Waals surface area contributed by atoms with Crippen LogP contribution in [0.2, 0.25) is 0 Å². The third kappa shape index (κ3) is 3.95. The highest BCUT2D eigenvalue weighted by Crippen LogP contribution is 2.25. The van der Waals surface area contributed by atoms with Gasteiger partial charge in [0, 0.05) is 12.1 Å². The van der Waals surface area contributed by atoms with E-state index in [1.807, 2.05) is 30.5 Å². The van der Waals surface area contributed by atoms with Crippen molar-refractivity contribution < 1.29 is 4.74 Å². The molecular weight excluding hydrogens is 276 g/mol. The normalized spacial score (nSPS) is 10.8. The van der Waals surface area contributed by atoms with Gasteiger partial charge in [0.25, 0.3) is 0 Å². The van der Waals surface area contributed by atoms with E-state index in [1.165, 1.54) is 0 Å². The van der Waals surface area contributed by atoms with Crippen LogP contribution in [0.15, 0.2) is 30.5 Å². The standard InChI is InChI=1S/C17H24N4O/c1-12(2)16-15(19-10-4-9-18)11-20-17(21-16)13-5-7-14(22-3)8-6-13/h5-8,11-12,19H,4,9-10,18H2,1-3H3. The number of hydrogen-bond acceptors (Lipinski definition) is 5. The Kier molecular flexibility index (Phi) is 5.72. The lowest BCUT2D eigenvalue weighted by Gasteiger charge is -2.14. The number of anilines is 1. The number of hydrogen-bond donors (Lipinski definition) is 2. The molecule has 2 aromatic rings. The number of nitrogens with two attached hydrogens (primary N) is 1. The summed E-state index contributed by atoms with van der Waals surface area (Å²) in [5.41, 5.74) is 8.53. The van der Waals surface area contributed by atoms with Crippen LogP contribution in [0.1, 0.15) is 31.9 Å². The summed E-state index contributed by atoms with van der Waals surface area (Å²) in [6, 6.07) is 7.78. The van der Waals surface area contributed by atoms with Gasteiger partial charge in [-0.25, -0.2) is 9.97 Å². The van der Waals surface area contributed by atoms with E-state index in [1.54, 1.807) is 7.11 Å². The van der Waals surface area contributed by atoms with Crippen molar-refractivity contribution in [2.24, 2.45) is 5.73 Å². The van der Waals surface area contributed by atoms with Crippen LogP contribution in [-0.4, -0.2) is 30.2 Å². The predicted octanol–water partition coefficient (Wildman–Crippen LogP) is 3.04. The monoisotopic (exact) mass is 300 g/mol. The second kappa shape index (κ2) is 7.75. The summed E-state index contributed by atoms with van der Waals surface area (Å²) in [5.74, 6) is 1.88. The molecule has 1 heterocycles. The zero-order chi connectivity index (χ0) is 15.9. The maximum atomic E-state index is 5.53. The minimum absolute atomic E-state index is 0.320. The summed E-state index contributed by atoms with van der Waals surface area (Å²) in [5, 5.41) is 3.37. The predicted molar refractivity (Wildman–Crippen MR) is 90.3 cm³/mol. The SMILES string of the molecule is COc1ccc(-c2ncc(NCCCN)c(C(C)C)n2)cc1. The summed E-state index contributed by atoms with van der Waals surface area (Å²) < 4.78 is 5.18. The van der Waals surface area contributed by atoms with Crippen molar-refractivity contribution in [2.75, 3.05) is 25.5 Å². The second-order valence-electron chi connectivity index (χ2n) is 5.44. The van der Waals surface area contributed by atoms with Crippen molar-refractivity contribution in [1.29, 1.82) is 0 Å². The Hall–Kier alpha value is -2.14. The highest BCUT2D eigenvalue weighted by atomic mass is 16.5. The first-order chi connectivity index (χ1) is 10.7. The van der Waals surface area contributed by atoms with Crippen LogP contribution in [0.25, 0.3) is 11.4 Å². The Bertz CT molecular complexity index is 596.